The maximum absolute atomic E-state index is 2.89. The highest BCUT2D eigenvalue weighted by molar-refractivity contribution is 6.63. The molecule has 0 N–H and O–H groups in total. The topological polar surface area (TPSA) is 6.48 Å². The van der Waals surface area contributed by atoms with E-state index in [4.69, 9.17) is 0 Å². The normalized spacial score (nSPS) is 19.9. The molecule has 2 fully saturated rings. The average molecular weight is 409 g/mol. The zero-order valence-corrected chi connectivity index (χ0v) is 20.3. The van der Waals surface area contributed by atoms with Crippen molar-refractivity contribution in [2.75, 3.05) is 9.13 Å². The molecule has 0 bridgehead atoms. The third-order valence-electron chi connectivity index (χ3n) is 6.72. The van der Waals surface area contributed by atoms with Crippen LogP contribution in [0.25, 0.3) is 0 Å². The highest BCUT2D eigenvalue weighted by atomic mass is 28.3. The number of nitrogens with zero attached hydrogens (tertiary/aromatic N) is 2. The van der Waals surface area contributed by atoms with Crippen LogP contribution in [-0.4, -0.2) is 31.4 Å². The number of para-hydroxylation sites is 2. The lowest BCUT2D eigenvalue weighted by Crippen LogP contribution is -2.44. The molecule has 2 aromatic rings. The molecule has 2 aliphatic carbocycles. The molecule has 0 unspecified atom stereocenters. The van der Waals surface area contributed by atoms with Gasteiger partial charge in [-0.2, -0.15) is 0 Å². The number of hydrogen-bond donors (Lipinski definition) is 0. The van der Waals surface area contributed by atoms with Crippen LogP contribution in [0.1, 0.15) is 58.3 Å². The SMILES string of the molecule is CC([SiH2]N(c1ccccc1)C1CCCC1)[SiH2]N(c1ccccc1)C1CCCC1. The van der Waals surface area contributed by atoms with Crippen molar-refractivity contribution in [2.24, 2.45) is 0 Å². The molecular formula is C24H36N2Si2. The van der Waals surface area contributed by atoms with Crippen molar-refractivity contribution >= 4 is 30.7 Å². The standard InChI is InChI=1S/C24H36N2Si2/c1-20(27-25(23-16-8-9-17-23)21-12-4-2-5-13-21)28-26(24-18-10-11-19-24)22-14-6-3-7-15-22/h2-7,12-15,20,23-24H,8-11,16-19,27-28H2,1H3. The summed E-state index contributed by atoms with van der Waals surface area (Å²) in [6, 6.07) is 24.2. The van der Waals surface area contributed by atoms with Gasteiger partial charge in [-0.05, 0) is 55.1 Å². The van der Waals surface area contributed by atoms with Gasteiger partial charge in [-0.3, -0.25) is 0 Å². The van der Waals surface area contributed by atoms with Crippen molar-refractivity contribution < 1.29 is 0 Å². The van der Waals surface area contributed by atoms with Crippen molar-refractivity contribution in [1.29, 1.82) is 0 Å². The van der Waals surface area contributed by atoms with Crippen LogP contribution in [0.5, 0.6) is 0 Å². The predicted molar refractivity (Wildman–Crippen MR) is 129 cm³/mol. The molecule has 4 heteroatoms. The first-order valence-electron chi connectivity index (χ1n) is 11.4. The first-order chi connectivity index (χ1) is 13.8. The van der Waals surface area contributed by atoms with E-state index in [2.05, 4.69) is 76.7 Å². The summed E-state index contributed by atoms with van der Waals surface area (Å²) in [6.45, 7) is 2.58. The maximum atomic E-state index is 2.89. The van der Waals surface area contributed by atoms with Crippen LogP contribution in [0, 0.1) is 0 Å². The van der Waals surface area contributed by atoms with Crippen molar-refractivity contribution in [3.63, 3.8) is 0 Å². The summed E-state index contributed by atoms with van der Waals surface area (Å²) in [6.07, 6.45) is 11.3. The van der Waals surface area contributed by atoms with Crippen molar-refractivity contribution in [2.45, 2.75) is 75.5 Å². The molecule has 0 radical (unpaired) electrons. The molecule has 4 rings (SSSR count). The Balaban J connectivity index is 1.48. The molecule has 2 saturated carbocycles. The molecule has 150 valence electrons. The molecule has 0 spiro atoms. The Kier molecular flexibility index (Phi) is 6.92. The lowest BCUT2D eigenvalue weighted by Gasteiger charge is -2.37. The Morgan fingerprint density at radius 3 is 1.36 bits per heavy atom. The zero-order chi connectivity index (χ0) is 19.2. The molecule has 0 aliphatic heterocycles. The third kappa shape index (κ3) is 4.90. The number of rotatable bonds is 8. The smallest absolute Gasteiger partial charge is 0.125 e. The lowest BCUT2D eigenvalue weighted by atomic mass is 10.2. The van der Waals surface area contributed by atoms with Crippen molar-refractivity contribution in [3.05, 3.63) is 60.7 Å². The molecule has 2 aromatic carbocycles. The first kappa shape index (κ1) is 19.8. The van der Waals surface area contributed by atoms with Gasteiger partial charge in [0.1, 0.15) is 19.4 Å². The minimum absolute atomic E-state index is 0.299. The third-order valence-corrected chi connectivity index (χ3v) is 12.1. The summed E-state index contributed by atoms with van der Waals surface area (Å²) in [7, 11) is -0.598. The highest BCUT2D eigenvalue weighted by Crippen LogP contribution is 2.31. The fraction of sp³-hybridized carbons (Fsp3) is 0.500. The second-order valence-corrected chi connectivity index (χ2v) is 15.0. The van der Waals surface area contributed by atoms with Crippen LogP contribution in [0.4, 0.5) is 11.4 Å². The molecule has 28 heavy (non-hydrogen) atoms. The Morgan fingerprint density at radius 2 is 1.00 bits per heavy atom. The molecule has 2 nitrogen and oxygen atoms in total. The van der Waals surface area contributed by atoms with Gasteiger partial charge in [0.05, 0.1) is 0 Å². The monoisotopic (exact) mass is 408 g/mol. The largest absolute Gasteiger partial charge is 0.401 e. The predicted octanol–water partition coefficient (Wildman–Crippen LogP) is 4.82. The van der Waals surface area contributed by atoms with Crippen LogP contribution in [0.15, 0.2) is 60.7 Å². The van der Waals surface area contributed by atoms with Crippen molar-refractivity contribution in [3.8, 4) is 0 Å². The summed E-state index contributed by atoms with van der Waals surface area (Å²) < 4.78 is 5.78. The zero-order valence-electron chi connectivity index (χ0n) is 17.5. The van der Waals surface area contributed by atoms with Gasteiger partial charge in [0.15, 0.2) is 0 Å². The maximum Gasteiger partial charge on any atom is 0.125 e. The Labute approximate surface area is 176 Å². The van der Waals surface area contributed by atoms with Crippen LogP contribution >= 0.6 is 0 Å². The molecule has 0 aromatic heterocycles. The number of hydrogen-bond acceptors (Lipinski definition) is 2. The van der Waals surface area contributed by atoms with E-state index >= 15 is 0 Å². The summed E-state index contributed by atoms with van der Waals surface area (Å²) in [5, 5.41) is 0.918. The highest BCUT2D eigenvalue weighted by Gasteiger charge is 2.28. The van der Waals surface area contributed by atoms with E-state index in [0.717, 1.165) is 17.2 Å². The average Bonchev–Trinajstić information content (AvgIpc) is 3.46. The van der Waals surface area contributed by atoms with Gasteiger partial charge >= 0.3 is 0 Å². The fourth-order valence-corrected chi connectivity index (χ4v) is 11.0. The van der Waals surface area contributed by atoms with E-state index in [1.165, 1.54) is 62.7 Å². The summed E-state index contributed by atoms with van der Waals surface area (Å²) >= 11 is 0. The number of benzene rings is 2. The summed E-state index contributed by atoms with van der Waals surface area (Å²) in [5.74, 6) is 0. The van der Waals surface area contributed by atoms with Gasteiger partial charge in [-0.1, -0.05) is 69.0 Å². The first-order valence-corrected chi connectivity index (χ1v) is 14.3. The van der Waals surface area contributed by atoms with Gasteiger partial charge in [0.2, 0.25) is 0 Å². The summed E-state index contributed by atoms with van der Waals surface area (Å²) in [5.41, 5.74) is 2.99. The van der Waals surface area contributed by atoms with Gasteiger partial charge in [0.25, 0.3) is 0 Å². The molecule has 0 heterocycles. The van der Waals surface area contributed by atoms with Gasteiger partial charge in [-0.25, -0.2) is 0 Å². The van der Waals surface area contributed by atoms with Crippen LogP contribution in [0.3, 0.4) is 0 Å². The Hall–Kier alpha value is -1.53. The molecule has 0 saturated heterocycles. The Bertz CT molecular complexity index is 636. The molecule has 0 atom stereocenters. The van der Waals surface area contributed by atoms with Crippen LogP contribution < -0.4 is 9.13 Å². The van der Waals surface area contributed by atoms with E-state index in [1.54, 1.807) is 0 Å². The fourth-order valence-electron chi connectivity index (χ4n) is 5.33. The van der Waals surface area contributed by atoms with Gasteiger partial charge < -0.3 is 9.13 Å². The van der Waals surface area contributed by atoms with Crippen molar-refractivity contribution in [1.82, 2.24) is 0 Å². The van der Waals surface area contributed by atoms with E-state index < -0.39 is 0 Å². The van der Waals surface area contributed by atoms with Gasteiger partial charge in [-0.15, -0.1) is 0 Å². The minimum Gasteiger partial charge on any atom is -0.401 e. The minimum atomic E-state index is -0.299. The summed E-state index contributed by atoms with van der Waals surface area (Å²) in [4.78, 5) is 0. The van der Waals surface area contributed by atoms with Gasteiger partial charge in [0, 0.05) is 23.5 Å². The van der Waals surface area contributed by atoms with E-state index in [1.807, 2.05) is 0 Å². The van der Waals surface area contributed by atoms with E-state index in [9.17, 15) is 0 Å². The molecular weight excluding hydrogens is 372 g/mol. The second kappa shape index (κ2) is 9.79. The molecule has 2 aliphatic rings. The molecule has 0 amide bonds. The second-order valence-electron chi connectivity index (χ2n) is 8.96. The van der Waals surface area contributed by atoms with E-state index in [-0.39, 0.29) is 19.4 Å². The van der Waals surface area contributed by atoms with Crippen LogP contribution in [0.2, 0.25) is 5.16 Å². The van der Waals surface area contributed by atoms with Crippen LogP contribution in [-0.2, 0) is 0 Å². The van der Waals surface area contributed by atoms with E-state index in [0.29, 0.717) is 0 Å². The lowest BCUT2D eigenvalue weighted by molar-refractivity contribution is 0.692. The quantitative estimate of drug-likeness (QED) is 0.578. The Morgan fingerprint density at radius 1 is 0.643 bits per heavy atom. The number of anilines is 2.